The number of halogens is 1. The van der Waals surface area contributed by atoms with Gasteiger partial charge in [-0.1, -0.05) is 30.3 Å². The van der Waals surface area contributed by atoms with Gasteiger partial charge in [0, 0.05) is 32.7 Å². The second kappa shape index (κ2) is 10.2. The number of sulfonamides is 1. The van der Waals surface area contributed by atoms with Gasteiger partial charge < -0.3 is 9.84 Å². The van der Waals surface area contributed by atoms with Gasteiger partial charge in [-0.15, -0.1) is 6.58 Å². The Morgan fingerprint density at radius 1 is 1.13 bits per heavy atom. The molecule has 2 aromatic carbocycles. The van der Waals surface area contributed by atoms with Crippen LogP contribution in [0.5, 0.6) is 5.75 Å². The largest absolute Gasteiger partial charge is 0.491 e. The topological polar surface area (TPSA) is 70.1 Å². The first-order chi connectivity index (χ1) is 14.4. The van der Waals surface area contributed by atoms with Crippen molar-refractivity contribution in [2.45, 2.75) is 17.4 Å². The Kier molecular flexibility index (Phi) is 7.60. The van der Waals surface area contributed by atoms with Gasteiger partial charge in [-0.25, -0.2) is 12.8 Å². The number of piperazine rings is 1. The fourth-order valence-electron chi connectivity index (χ4n) is 3.43. The van der Waals surface area contributed by atoms with Crippen molar-refractivity contribution in [2.75, 3.05) is 39.3 Å². The van der Waals surface area contributed by atoms with Gasteiger partial charge >= 0.3 is 0 Å². The summed E-state index contributed by atoms with van der Waals surface area (Å²) < 4.78 is 45.9. The molecule has 0 amide bonds. The minimum absolute atomic E-state index is 0.0393. The lowest BCUT2D eigenvalue weighted by Crippen LogP contribution is -2.50. The van der Waals surface area contributed by atoms with E-state index in [1.54, 1.807) is 6.08 Å². The molecule has 1 saturated heterocycles. The number of aliphatic hydroxyl groups excluding tert-OH is 1. The van der Waals surface area contributed by atoms with Crippen molar-refractivity contribution in [3.05, 3.63) is 72.6 Å². The standard InChI is InChI=1S/C22H27FN2O4S/c1-2-6-18-7-3-4-10-22(18)29-17-20(26)16-24-11-13-25(14-12-24)30(27,28)21-9-5-8-19(23)15-21/h2-5,7-10,15,20,26H,1,6,11-14,16-17H2. The summed E-state index contributed by atoms with van der Waals surface area (Å²) in [7, 11) is -3.72. The molecule has 8 heteroatoms. The van der Waals surface area contributed by atoms with Crippen LogP contribution >= 0.6 is 0 Å². The van der Waals surface area contributed by atoms with Crippen molar-refractivity contribution in [3.63, 3.8) is 0 Å². The Labute approximate surface area is 177 Å². The summed E-state index contributed by atoms with van der Waals surface area (Å²) in [5.74, 6) is 0.148. The number of para-hydroxylation sites is 1. The van der Waals surface area contributed by atoms with Crippen LogP contribution in [0.25, 0.3) is 0 Å². The smallest absolute Gasteiger partial charge is 0.243 e. The summed E-state index contributed by atoms with van der Waals surface area (Å²) >= 11 is 0. The SMILES string of the molecule is C=CCc1ccccc1OCC(O)CN1CCN(S(=O)(=O)c2cccc(F)c2)CC1. The van der Waals surface area contributed by atoms with E-state index in [-0.39, 0.29) is 24.6 Å². The number of ether oxygens (including phenoxy) is 1. The predicted molar refractivity (Wildman–Crippen MR) is 113 cm³/mol. The maximum Gasteiger partial charge on any atom is 0.243 e. The van der Waals surface area contributed by atoms with Crippen LogP contribution < -0.4 is 4.74 Å². The zero-order valence-corrected chi connectivity index (χ0v) is 17.6. The normalized spacial score (nSPS) is 16.9. The van der Waals surface area contributed by atoms with Crippen LogP contribution in [0.4, 0.5) is 4.39 Å². The highest BCUT2D eigenvalue weighted by atomic mass is 32.2. The molecule has 1 aliphatic heterocycles. The van der Waals surface area contributed by atoms with Gasteiger partial charge in [0.15, 0.2) is 0 Å². The molecular weight excluding hydrogens is 407 g/mol. The Morgan fingerprint density at radius 2 is 1.87 bits per heavy atom. The van der Waals surface area contributed by atoms with E-state index in [0.29, 0.717) is 26.1 Å². The van der Waals surface area contributed by atoms with Crippen LogP contribution in [0.15, 0.2) is 66.1 Å². The number of β-amino-alcohol motifs (C(OH)–C–C–N with tert-alkyl or cyclic N) is 1. The fourth-order valence-corrected chi connectivity index (χ4v) is 4.89. The first-order valence-electron chi connectivity index (χ1n) is 9.88. The first-order valence-corrected chi connectivity index (χ1v) is 11.3. The highest BCUT2D eigenvalue weighted by Gasteiger charge is 2.29. The highest BCUT2D eigenvalue weighted by Crippen LogP contribution is 2.20. The number of rotatable bonds is 9. The highest BCUT2D eigenvalue weighted by molar-refractivity contribution is 7.89. The van der Waals surface area contributed by atoms with E-state index in [0.717, 1.165) is 17.4 Å². The molecule has 162 valence electrons. The van der Waals surface area contributed by atoms with Crippen LogP contribution in [0.1, 0.15) is 5.56 Å². The molecular formula is C22H27FN2O4S. The van der Waals surface area contributed by atoms with Crippen molar-refractivity contribution in [1.29, 1.82) is 0 Å². The Morgan fingerprint density at radius 3 is 2.57 bits per heavy atom. The third-order valence-corrected chi connectivity index (χ3v) is 6.90. The minimum atomic E-state index is -3.72. The number of hydrogen-bond donors (Lipinski definition) is 1. The van der Waals surface area contributed by atoms with Crippen LogP contribution in [0.3, 0.4) is 0 Å². The first kappa shape index (κ1) is 22.4. The van der Waals surface area contributed by atoms with Crippen molar-refractivity contribution in [2.24, 2.45) is 0 Å². The van der Waals surface area contributed by atoms with Crippen molar-refractivity contribution < 1.29 is 22.7 Å². The number of allylic oxidation sites excluding steroid dienone is 1. The van der Waals surface area contributed by atoms with Gasteiger partial charge in [-0.05, 0) is 36.2 Å². The van der Waals surface area contributed by atoms with Crippen molar-refractivity contribution >= 4 is 10.0 Å². The molecule has 2 aromatic rings. The Hall–Kier alpha value is -2.26. The lowest BCUT2D eigenvalue weighted by Gasteiger charge is -2.34. The molecule has 1 aliphatic rings. The molecule has 1 fully saturated rings. The van der Waals surface area contributed by atoms with Crippen LogP contribution in [-0.4, -0.2) is 68.2 Å². The van der Waals surface area contributed by atoms with Gasteiger partial charge in [-0.3, -0.25) is 4.90 Å². The second-order valence-electron chi connectivity index (χ2n) is 7.23. The van der Waals surface area contributed by atoms with Gasteiger partial charge in [0.1, 0.15) is 24.3 Å². The number of nitrogens with zero attached hydrogens (tertiary/aromatic N) is 2. The minimum Gasteiger partial charge on any atom is -0.491 e. The zero-order valence-electron chi connectivity index (χ0n) is 16.8. The average Bonchev–Trinajstić information content (AvgIpc) is 2.74. The molecule has 1 atom stereocenters. The van der Waals surface area contributed by atoms with E-state index in [9.17, 15) is 17.9 Å². The molecule has 1 heterocycles. The van der Waals surface area contributed by atoms with E-state index in [1.807, 2.05) is 29.2 Å². The van der Waals surface area contributed by atoms with Gasteiger partial charge in [-0.2, -0.15) is 4.31 Å². The molecule has 30 heavy (non-hydrogen) atoms. The Balaban J connectivity index is 1.49. The second-order valence-corrected chi connectivity index (χ2v) is 9.17. The van der Waals surface area contributed by atoms with Crippen molar-refractivity contribution in [3.8, 4) is 5.75 Å². The van der Waals surface area contributed by atoms with Gasteiger partial charge in [0.05, 0.1) is 4.90 Å². The summed E-state index contributed by atoms with van der Waals surface area (Å²) in [5, 5.41) is 10.4. The van der Waals surface area contributed by atoms with E-state index in [4.69, 9.17) is 4.74 Å². The van der Waals surface area contributed by atoms with Crippen LogP contribution in [0, 0.1) is 5.82 Å². The third-order valence-electron chi connectivity index (χ3n) is 5.00. The molecule has 0 saturated carbocycles. The summed E-state index contributed by atoms with van der Waals surface area (Å²) in [4.78, 5) is 1.96. The summed E-state index contributed by atoms with van der Waals surface area (Å²) in [5.41, 5.74) is 1.01. The number of benzene rings is 2. The van der Waals surface area contributed by atoms with E-state index < -0.39 is 21.9 Å². The lowest BCUT2D eigenvalue weighted by molar-refractivity contribution is 0.0566. The molecule has 0 bridgehead atoms. The quantitative estimate of drug-likeness (QED) is 0.614. The molecule has 1 N–H and O–H groups in total. The molecule has 0 aliphatic carbocycles. The fraction of sp³-hybridized carbons (Fsp3) is 0.364. The third kappa shape index (κ3) is 5.66. The molecule has 3 rings (SSSR count). The van der Waals surface area contributed by atoms with E-state index in [2.05, 4.69) is 6.58 Å². The number of aliphatic hydroxyl groups is 1. The molecule has 0 aromatic heterocycles. The maximum atomic E-state index is 13.4. The summed E-state index contributed by atoms with van der Waals surface area (Å²) in [6.45, 7) is 5.82. The van der Waals surface area contributed by atoms with Crippen LogP contribution in [0.2, 0.25) is 0 Å². The Bertz CT molecular complexity index is 959. The van der Waals surface area contributed by atoms with Gasteiger partial charge in [0.2, 0.25) is 10.0 Å². The molecule has 0 spiro atoms. The monoisotopic (exact) mass is 434 g/mol. The van der Waals surface area contributed by atoms with Crippen LogP contribution in [-0.2, 0) is 16.4 Å². The maximum absolute atomic E-state index is 13.4. The van der Waals surface area contributed by atoms with E-state index in [1.165, 1.54) is 22.5 Å². The summed E-state index contributed by atoms with van der Waals surface area (Å²) in [6, 6.07) is 12.7. The molecule has 1 unspecified atom stereocenters. The van der Waals surface area contributed by atoms with Crippen molar-refractivity contribution in [1.82, 2.24) is 9.21 Å². The molecule has 0 radical (unpaired) electrons. The summed E-state index contributed by atoms with van der Waals surface area (Å²) in [6.07, 6.45) is 1.79. The predicted octanol–water partition coefficient (Wildman–Crippen LogP) is 2.30. The van der Waals surface area contributed by atoms with Gasteiger partial charge in [0.25, 0.3) is 0 Å². The lowest BCUT2D eigenvalue weighted by atomic mass is 10.1. The number of hydrogen-bond acceptors (Lipinski definition) is 5. The molecule has 6 nitrogen and oxygen atoms in total. The average molecular weight is 435 g/mol. The zero-order chi connectivity index (χ0) is 21.6. The van der Waals surface area contributed by atoms with E-state index >= 15 is 0 Å².